The van der Waals surface area contributed by atoms with Gasteiger partial charge in [0, 0.05) is 11.8 Å². The third-order valence-corrected chi connectivity index (χ3v) is 3.64. The summed E-state index contributed by atoms with van der Waals surface area (Å²) in [6.45, 7) is 7.60. The summed E-state index contributed by atoms with van der Waals surface area (Å²) in [5.41, 5.74) is 2.99. The molecular weight excluding hydrogens is 316 g/mol. The molecule has 0 aliphatic rings. The molecule has 25 heavy (non-hydrogen) atoms. The molecule has 0 saturated heterocycles. The van der Waals surface area contributed by atoms with E-state index in [0.717, 1.165) is 28.3 Å². The van der Waals surface area contributed by atoms with Crippen LogP contribution in [0.2, 0.25) is 0 Å². The number of ether oxygens (including phenoxy) is 2. The Morgan fingerprint density at radius 3 is 2.60 bits per heavy atom. The lowest BCUT2D eigenvalue weighted by Crippen LogP contribution is -2.03. The summed E-state index contributed by atoms with van der Waals surface area (Å²) in [5, 5.41) is 4.33. The fraction of sp³-hybridized carbons (Fsp3) is 0.316. The van der Waals surface area contributed by atoms with Gasteiger partial charge in [-0.1, -0.05) is 12.1 Å². The van der Waals surface area contributed by atoms with E-state index in [1.165, 1.54) is 0 Å². The summed E-state index contributed by atoms with van der Waals surface area (Å²) >= 11 is 0. The van der Waals surface area contributed by atoms with E-state index in [1.54, 1.807) is 11.0 Å². The maximum Gasteiger partial charge on any atom is 0.221 e. The van der Waals surface area contributed by atoms with Crippen molar-refractivity contribution >= 4 is 0 Å². The van der Waals surface area contributed by atoms with Gasteiger partial charge in [-0.25, -0.2) is 14.6 Å². The van der Waals surface area contributed by atoms with E-state index in [2.05, 4.69) is 21.1 Å². The molecule has 6 heteroatoms. The molecule has 0 aliphatic heterocycles. The molecule has 1 aromatic carbocycles. The molecular formula is C19H22N4O2. The Hall–Kier alpha value is -2.89. The van der Waals surface area contributed by atoms with Crippen molar-refractivity contribution in [1.82, 2.24) is 19.7 Å². The van der Waals surface area contributed by atoms with E-state index in [4.69, 9.17) is 9.47 Å². The summed E-state index contributed by atoms with van der Waals surface area (Å²) in [6, 6.07) is 10.0. The first-order valence-corrected chi connectivity index (χ1v) is 8.40. The van der Waals surface area contributed by atoms with Crippen LogP contribution in [-0.4, -0.2) is 33.0 Å². The zero-order chi connectivity index (χ0) is 17.6. The highest BCUT2D eigenvalue weighted by Crippen LogP contribution is 2.31. The van der Waals surface area contributed by atoms with Gasteiger partial charge in [-0.3, -0.25) is 0 Å². The number of aryl methyl sites for hydroxylation is 1. The van der Waals surface area contributed by atoms with Crippen LogP contribution in [0, 0.1) is 6.92 Å². The number of hydrogen-bond donors (Lipinski definition) is 0. The number of pyridine rings is 1. The molecule has 0 fully saturated rings. The Morgan fingerprint density at radius 2 is 1.88 bits per heavy atom. The minimum absolute atomic E-state index is 0.562. The number of rotatable bonds is 7. The molecule has 0 spiro atoms. The second kappa shape index (κ2) is 7.79. The molecule has 2 heterocycles. The molecule has 130 valence electrons. The fourth-order valence-corrected chi connectivity index (χ4v) is 2.61. The zero-order valence-corrected chi connectivity index (χ0v) is 14.8. The number of benzene rings is 1. The Balaban J connectivity index is 1.97. The minimum Gasteiger partial charge on any atom is -0.494 e. The highest BCUT2D eigenvalue weighted by atomic mass is 16.5. The van der Waals surface area contributed by atoms with Crippen molar-refractivity contribution in [2.45, 2.75) is 27.3 Å². The normalized spacial score (nSPS) is 10.7. The van der Waals surface area contributed by atoms with Crippen LogP contribution in [0.25, 0.3) is 11.1 Å². The van der Waals surface area contributed by atoms with Crippen LogP contribution in [0.5, 0.6) is 11.6 Å². The third kappa shape index (κ3) is 4.15. The Kier molecular flexibility index (Phi) is 5.28. The molecule has 0 bridgehead atoms. The van der Waals surface area contributed by atoms with E-state index >= 15 is 0 Å². The SMILES string of the molecule is CCOc1cccc(-c2cc(Cn3cnc(C)n3)cnc2OCC)c1. The topological polar surface area (TPSA) is 62.1 Å². The van der Waals surface area contributed by atoms with Gasteiger partial charge in [-0.05, 0) is 50.1 Å². The van der Waals surface area contributed by atoms with Gasteiger partial charge in [0.1, 0.15) is 17.9 Å². The molecule has 0 saturated carbocycles. The van der Waals surface area contributed by atoms with E-state index < -0.39 is 0 Å². The van der Waals surface area contributed by atoms with Crippen molar-refractivity contribution < 1.29 is 9.47 Å². The minimum atomic E-state index is 0.562. The van der Waals surface area contributed by atoms with Gasteiger partial charge >= 0.3 is 0 Å². The van der Waals surface area contributed by atoms with Crippen LogP contribution in [0.4, 0.5) is 0 Å². The average molecular weight is 338 g/mol. The predicted molar refractivity (Wildman–Crippen MR) is 95.9 cm³/mol. The first kappa shape index (κ1) is 17.0. The van der Waals surface area contributed by atoms with Crippen molar-refractivity contribution in [2.75, 3.05) is 13.2 Å². The van der Waals surface area contributed by atoms with Crippen LogP contribution < -0.4 is 9.47 Å². The summed E-state index contributed by atoms with van der Waals surface area (Å²) < 4.78 is 13.1. The van der Waals surface area contributed by atoms with Crippen LogP contribution in [0.1, 0.15) is 25.2 Å². The molecule has 0 amide bonds. The third-order valence-electron chi connectivity index (χ3n) is 3.64. The summed E-state index contributed by atoms with van der Waals surface area (Å²) in [6.07, 6.45) is 3.54. The standard InChI is InChI=1S/C19H22N4O2/c1-4-24-17-8-6-7-16(10-17)18-9-15(11-20-19(18)25-5-2)12-23-13-21-14(3)22-23/h6-11,13H,4-5,12H2,1-3H3. The molecule has 2 aromatic heterocycles. The van der Waals surface area contributed by atoms with Gasteiger partial charge in [0.05, 0.1) is 19.8 Å². The lowest BCUT2D eigenvalue weighted by atomic mass is 10.0. The van der Waals surface area contributed by atoms with Gasteiger partial charge in [-0.15, -0.1) is 0 Å². The van der Waals surface area contributed by atoms with Gasteiger partial charge in [0.25, 0.3) is 0 Å². The zero-order valence-electron chi connectivity index (χ0n) is 14.8. The van der Waals surface area contributed by atoms with Crippen LogP contribution in [-0.2, 0) is 6.54 Å². The first-order valence-electron chi connectivity index (χ1n) is 8.40. The second-order valence-electron chi connectivity index (χ2n) is 5.58. The van der Waals surface area contributed by atoms with Crippen LogP contribution in [0.3, 0.4) is 0 Å². The molecule has 6 nitrogen and oxygen atoms in total. The lowest BCUT2D eigenvalue weighted by Gasteiger charge is -2.12. The number of aromatic nitrogens is 4. The summed E-state index contributed by atoms with van der Waals surface area (Å²) in [5.74, 6) is 2.21. The largest absolute Gasteiger partial charge is 0.494 e. The van der Waals surface area contributed by atoms with Crippen LogP contribution >= 0.6 is 0 Å². The summed E-state index contributed by atoms with van der Waals surface area (Å²) in [7, 11) is 0. The summed E-state index contributed by atoms with van der Waals surface area (Å²) in [4.78, 5) is 8.66. The quantitative estimate of drug-likeness (QED) is 0.660. The first-order chi connectivity index (χ1) is 12.2. The molecule has 3 rings (SSSR count). The van der Waals surface area contributed by atoms with Crippen molar-refractivity contribution in [3.63, 3.8) is 0 Å². The predicted octanol–water partition coefficient (Wildman–Crippen LogP) is 3.49. The Bertz CT molecular complexity index is 845. The Morgan fingerprint density at radius 1 is 1.04 bits per heavy atom. The number of nitrogens with zero attached hydrogens (tertiary/aromatic N) is 4. The molecule has 0 unspecified atom stereocenters. The van der Waals surface area contributed by atoms with Gasteiger partial charge in [0.15, 0.2) is 0 Å². The Labute approximate surface area is 147 Å². The molecule has 3 aromatic rings. The van der Waals surface area contributed by atoms with E-state index in [1.807, 2.05) is 51.2 Å². The van der Waals surface area contributed by atoms with Gasteiger partial charge in [-0.2, -0.15) is 5.10 Å². The van der Waals surface area contributed by atoms with Gasteiger partial charge in [0.2, 0.25) is 5.88 Å². The average Bonchev–Trinajstić information content (AvgIpc) is 3.02. The lowest BCUT2D eigenvalue weighted by molar-refractivity contribution is 0.328. The van der Waals surface area contributed by atoms with Crippen LogP contribution in [0.15, 0.2) is 42.9 Å². The van der Waals surface area contributed by atoms with E-state index in [0.29, 0.717) is 25.6 Å². The van der Waals surface area contributed by atoms with Crippen molar-refractivity contribution in [3.8, 4) is 22.8 Å². The van der Waals surface area contributed by atoms with E-state index in [9.17, 15) is 0 Å². The van der Waals surface area contributed by atoms with Crippen molar-refractivity contribution in [1.29, 1.82) is 0 Å². The van der Waals surface area contributed by atoms with Crippen molar-refractivity contribution in [3.05, 3.63) is 54.2 Å². The number of hydrogen-bond acceptors (Lipinski definition) is 5. The molecule has 0 radical (unpaired) electrons. The highest BCUT2D eigenvalue weighted by Gasteiger charge is 2.11. The molecule has 0 aliphatic carbocycles. The van der Waals surface area contributed by atoms with E-state index in [-0.39, 0.29) is 0 Å². The van der Waals surface area contributed by atoms with Gasteiger partial charge < -0.3 is 9.47 Å². The second-order valence-corrected chi connectivity index (χ2v) is 5.58. The smallest absolute Gasteiger partial charge is 0.221 e. The maximum atomic E-state index is 5.71. The fourth-order valence-electron chi connectivity index (χ4n) is 2.61. The molecule has 0 N–H and O–H groups in total. The monoisotopic (exact) mass is 338 g/mol. The highest BCUT2D eigenvalue weighted by molar-refractivity contribution is 5.70. The molecule has 0 atom stereocenters. The van der Waals surface area contributed by atoms with Crippen molar-refractivity contribution in [2.24, 2.45) is 0 Å². The maximum absolute atomic E-state index is 5.71.